The molecular formula is C33H42O8. The van der Waals surface area contributed by atoms with Gasteiger partial charge in [0, 0.05) is 6.42 Å². The van der Waals surface area contributed by atoms with Crippen LogP contribution in [0, 0.1) is 0 Å². The van der Waals surface area contributed by atoms with Crippen LogP contribution in [0.2, 0.25) is 0 Å². The van der Waals surface area contributed by atoms with Crippen LogP contribution in [0.25, 0.3) is 0 Å². The van der Waals surface area contributed by atoms with Crippen molar-refractivity contribution in [3.05, 3.63) is 109 Å². The Kier molecular flexibility index (Phi) is 18.0. The van der Waals surface area contributed by atoms with Gasteiger partial charge in [-0.25, -0.2) is 9.59 Å². The molecule has 0 aliphatic heterocycles. The highest BCUT2D eigenvalue weighted by Gasteiger charge is 2.15. The molecule has 0 atom stereocenters. The summed E-state index contributed by atoms with van der Waals surface area (Å²) in [5.74, 6) is 0.231. The number of esters is 2. The number of para-hydroxylation sites is 1. The van der Waals surface area contributed by atoms with Gasteiger partial charge in [-0.2, -0.15) is 0 Å². The predicted molar refractivity (Wildman–Crippen MR) is 160 cm³/mol. The van der Waals surface area contributed by atoms with Gasteiger partial charge >= 0.3 is 11.9 Å². The molecule has 8 nitrogen and oxygen atoms in total. The van der Waals surface area contributed by atoms with Gasteiger partial charge in [0.25, 0.3) is 0 Å². The van der Waals surface area contributed by atoms with E-state index in [1.165, 1.54) is 6.07 Å². The van der Waals surface area contributed by atoms with Gasteiger partial charge in [0.15, 0.2) is 0 Å². The van der Waals surface area contributed by atoms with Crippen LogP contribution in [-0.2, 0) is 18.9 Å². The Morgan fingerprint density at radius 3 is 1.71 bits per heavy atom. The minimum Gasteiger partial charge on any atom is -0.501 e. The van der Waals surface area contributed by atoms with E-state index in [1.54, 1.807) is 44.6 Å². The summed E-state index contributed by atoms with van der Waals surface area (Å²) in [5, 5.41) is 0. The molecule has 0 spiro atoms. The standard InChI is InChI=1S/C20H26O6.C13H16O2/c1-5-24-19(21)16-12-17(20(22)25-6-2)14-18(13-16)26-10-7-9-23-11-8-15(3)4;1-12(2)8-9-14-10-11-15-13-6-4-3-5-7-13/h8,11-14H,3,5-7,9-10H2,1-2,4H3;3-9H,1,10-11H2,2H3. The highest BCUT2D eigenvalue weighted by atomic mass is 16.5. The van der Waals surface area contributed by atoms with Gasteiger partial charge in [-0.15, -0.1) is 0 Å². The van der Waals surface area contributed by atoms with Crippen LogP contribution in [0.15, 0.2) is 97.5 Å². The van der Waals surface area contributed by atoms with Gasteiger partial charge in [-0.05, 0) is 70.2 Å². The number of carbonyl (C=O) groups excluding carboxylic acids is 2. The monoisotopic (exact) mass is 566 g/mol. The summed E-state index contributed by atoms with van der Waals surface area (Å²) in [5.41, 5.74) is 2.36. The molecule has 0 unspecified atom stereocenters. The van der Waals surface area contributed by atoms with E-state index in [0.29, 0.717) is 38.6 Å². The van der Waals surface area contributed by atoms with E-state index in [9.17, 15) is 9.59 Å². The van der Waals surface area contributed by atoms with Crippen LogP contribution in [0.4, 0.5) is 0 Å². The molecular weight excluding hydrogens is 524 g/mol. The third-order valence-corrected chi connectivity index (χ3v) is 4.71. The van der Waals surface area contributed by atoms with Crippen molar-refractivity contribution in [2.75, 3.05) is 39.6 Å². The first-order valence-corrected chi connectivity index (χ1v) is 13.4. The van der Waals surface area contributed by atoms with Crippen LogP contribution >= 0.6 is 0 Å². The van der Waals surface area contributed by atoms with E-state index in [2.05, 4.69) is 13.2 Å². The minimum atomic E-state index is -0.517. The molecule has 0 N–H and O–H groups in total. The molecule has 8 heteroatoms. The minimum absolute atomic E-state index is 0.244. The van der Waals surface area contributed by atoms with Crippen molar-refractivity contribution in [2.24, 2.45) is 0 Å². The largest absolute Gasteiger partial charge is 0.501 e. The number of rotatable bonds is 17. The van der Waals surface area contributed by atoms with Crippen molar-refractivity contribution in [1.29, 1.82) is 0 Å². The topological polar surface area (TPSA) is 89.5 Å². The van der Waals surface area contributed by atoms with Gasteiger partial charge in [0.05, 0.1) is 50.1 Å². The van der Waals surface area contributed by atoms with Crippen molar-refractivity contribution in [3.63, 3.8) is 0 Å². The smallest absolute Gasteiger partial charge is 0.338 e. The van der Waals surface area contributed by atoms with Gasteiger partial charge < -0.3 is 28.4 Å². The van der Waals surface area contributed by atoms with Gasteiger partial charge in [0.2, 0.25) is 0 Å². The zero-order chi connectivity index (χ0) is 30.3. The van der Waals surface area contributed by atoms with Crippen LogP contribution < -0.4 is 9.47 Å². The second-order valence-corrected chi connectivity index (χ2v) is 8.59. The summed E-state index contributed by atoms with van der Waals surface area (Å²) in [6.45, 7) is 17.1. The summed E-state index contributed by atoms with van der Waals surface area (Å²) in [6, 6.07) is 14.2. The molecule has 222 valence electrons. The second-order valence-electron chi connectivity index (χ2n) is 8.59. The summed E-state index contributed by atoms with van der Waals surface area (Å²) in [7, 11) is 0. The molecule has 0 radical (unpaired) electrons. The Morgan fingerprint density at radius 2 is 1.20 bits per heavy atom. The quantitative estimate of drug-likeness (QED) is 0.0868. The van der Waals surface area contributed by atoms with Crippen molar-refractivity contribution in [3.8, 4) is 11.5 Å². The molecule has 0 aliphatic carbocycles. The molecule has 2 aromatic rings. The lowest BCUT2D eigenvalue weighted by Crippen LogP contribution is -2.10. The lowest BCUT2D eigenvalue weighted by Gasteiger charge is -2.11. The van der Waals surface area contributed by atoms with Gasteiger partial charge in [-0.1, -0.05) is 42.5 Å². The van der Waals surface area contributed by atoms with E-state index >= 15 is 0 Å². The van der Waals surface area contributed by atoms with Gasteiger partial charge in [0.1, 0.15) is 24.7 Å². The molecule has 0 aliphatic rings. The molecule has 0 saturated heterocycles. The Labute approximate surface area is 243 Å². The highest BCUT2D eigenvalue weighted by molar-refractivity contribution is 5.96. The maximum atomic E-state index is 12.0. The first kappa shape index (κ1) is 34.6. The van der Waals surface area contributed by atoms with Gasteiger partial charge in [-0.3, -0.25) is 0 Å². The number of carbonyl (C=O) groups is 2. The Hall–Kier alpha value is -4.46. The fourth-order valence-corrected chi connectivity index (χ4v) is 2.87. The lowest BCUT2D eigenvalue weighted by molar-refractivity contribution is 0.0524. The first-order chi connectivity index (χ1) is 19.8. The van der Waals surface area contributed by atoms with Crippen molar-refractivity contribution in [2.45, 2.75) is 34.1 Å². The summed E-state index contributed by atoms with van der Waals surface area (Å²) >= 11 is 0. The van der Waals surface area contributed by atoms with Crippen LogP contribution in [0.5, 0.6) is 11.5 Å². The molecule has 0 bridgehead atoms. The maximum absolute atomic E-state index is 12.0. The number of allylic oxidation sites excluding steroid dienone is 4. The summed E-state index contributed by atoms with van der Waals surface area (Å²) in [4.78, 5) is 23.9. The van der Waals surface area contributed by atoms with Crippen molar-refractivity contribution < 1.29 is 38.0 Å². The SMILES string of the molecule is C=C(C)C=COCCCOc1cc(C(=O)OCC)cc(C(=O)OCC)c1.C=C(C)C=COCCOc1ccccc1. The molecule has 0 aromatic heterocycles. The van der Waals surface area contributed by atoms with E-state index in [1.807, 2.05) is 50.3 Å². The number of hydrogen-bond acceptors (Lipinski definition) is 8. The molecule has 0 heterocycles. The van der Waals surface area contributed by atoms with E-state index in [0.717, 1.165) is 16.9 Å². The molecule has 0 saturated carbocycles. The predicted octanol–water partition coefficient (Wildman–Crippen LogP) is 7.09. The average Bonchev–Trinajstić information content (AvgIpc) is 2.95. The number of benzene rings is 2. The van der Waals surface area contributed by atoms with Crippen molar-refractivity contribution in [1.82, 2.24) is 0 Å². The number of ether oxygens (including phenoxy) is 6. The summed E-state index contributed by atoms with van der Waals surface area (Å²) < 4.78 is 31.5. The Bertz CT molecular complexity index is 1100. The van der Waals surface area contributed by atoms with E-state index in [4.69, 9.17) is 28.4 Å². The van der Waals surface area contributed by atoms with Crippen molar-refractivity contribution >= 4 is 11.9 Å². The fraction of sp³-hybridized carbons (Fsp3) is 0.333. The second kappa shape index (κ2) is 21.4. The third-order valence-electron chi connectivity index (χ3n) is 4.71. The molecule has 0 fully saturated rings. The first-order valence-electron chi connectivity index (χ1n) is 13.4. The Morgan fingerprint density at radius 1 is 0.683 bits per heavy atom. The van der Waals surface area contributed by atoms with E-state index in [-0.39, 0.29) is 24.3 Å². The summed E-state index contributed by atoms with van der Waals surface area (Å²) in [6.07, 6.45) is 7.45. The molecule has 2 aromatic carbocycles. The zero-order valence-corrected chi connectivity index (χ0v) is 24.6. The van der Waals surface area contributed by atoms with E-state index < -0.39 is 11.9 Å². The lowest BCUT2D eigenvalue weighted by atomic mass is 10.1. The Balaban J connectivity index is 0.000000474. The molecule has 0 amide bonds. The average molecular weight is 567 g/mol. The molecule has 2 rings (SSSR count). The van der Waals surface area contributed by atoms with Crippen LogP contribution in [0.3, 0.4) is 0 Å². The maximum Gasteiger partial charge on any atom is 0.338 e. The fourth-order valence-electron chi connectivity index (χ4n) is 2.87. The molecule has 41 heavy (non-hydrogen) atoms. The zero-order valence-electron chi connectivity index (χ0n) is 24.6. The normalized spacial score (nSPS) is 10.3. The van der Waals surface area contributed by atoms with Crippen LogP contribution in [-0.4, -0.2) is 51.6 Å². The number of hydrogen-bond donors (Lipinski definition) is 0. The third kappa shape index (κ3) is 17.0. The van der Waals surface area contributed by atoms with Crippen LogP contribution in [0.1, 0.15) is 54.8 Å². The highest BCUT2D eigenvalue weighted by Crippen LogP contribution is 2.19.